The van der Waals surface area contributed by atoms with E-state index in [9.17, 15) is 4.39 Å². The van der Waals surface area contributed by atoms with E-state index in [0.29, 0.717) is 17.5 Å². The zero-order valence-electron chi connectivity index (χ0n) is 13.5. The molecular formula is C18H16BrFN4S. The van der Waals surface area contributed by atoms with Crippen molar-refractivity contribution >= 4 is 44.8 Å². The fourth-order valence-electron chi connectivity index (χ4n) is 2.25. The van der Waals surface area contributed by atoms with Crippen LogP contribution in [0.2, 0.25) is 0 Å². The van der Waals surface area contributed by atoms with Crippen LogP contribution in [0.3, 0.4) is 0 Å². The molecule has 0 spiro atoms. The zero-order chi connectivity index (χ0) is 17.8. The van der Waals surface area contributed by atoms with Gasteiger partial charge in [0.2, 0.25) is 0 Å². The second-order valence-electron chi connectivity index (χ2n) is 5.59. The lowest BCUT2D eigenvalue weighted by Gasteiger charge is -2.09. The summed E-state index contributed by atoms with van der Waals surface area (Å²) in [5.74, 6) is 0.368. The van der Waals surface area contributed by atoms with E-state index in [1.807, 2.05) is 37.4 Å². The Morgan fingerprint density at radius 2 is 1.80 bits per heavy atom. The molecule has 0 aliphatic rings. The average Bonchev–Trinajstić information content (AvgIpc) is 2.91. The number of halogens is 2. The SMILES string of the molecule is Cc1ccc(NC(=S)Nc2nn(Cc3ccc(F)cc3)cc2Br)cc1. The van der Waals surface area contributed by atoms with Gasteiger partial charge in [-0.1, -0.05) is 29.8 Å². The predicted molar refractivity (Wildman–Crippen MR) is 106 cm³/mol. The van der Waals surface area contributed by atoms with E-state index in [1.165, 1.54) is 17.7 Å². The molecule has 2 N–H and O–H groups in total. The summed E-state index contributed by atoms with van der Waals surface area (Å²) >= 11 is 8.80. The lowest BCUT2D eigenvalue weighted by Crippen LogP contribution is -2.19. The number of aryl methyl sites for hydroxylation is 1. The quantitative estimate of drug-likeness (QED) is 0.588. The highest BCUT2D eigenvalue weighted by molar-refractivity contribution is 9.10. The highest BCUT2D eigenvalue weighted by Crippen LogP contribution is 2.21. The molecule has 0 radical (unpaired) electrons. The minimum absolute atomic E-state index is 0.250. The molecule has 0 unspecified atom stereocenters. The third-order valence-corrected chi connectivity index (χ3v) is 4.30. The summed E-state index contributed by atoms with van der Waals surface area (Å²) in [6.07, 6.45) is 1.85. The Bertz CT molecular complexity index is 875. The van der Waals surface area contributed by atoms with Crippen LogP contribution in [0.1, 0.15) is 11.1 Å². The molecule has 0 bridgehead atoms. The molecule has 0 atom stereocenters. The number of nitrogens with zero attached hydrogens (tertiary/aromatic N) is 2. The van der Waals surface area contributed by atoms with Gasteiger partial charge >= 0.3 is 0 Å². The maximum absolute atomic E-state index is 13.0. The Morgan fingerprint density at radius 1 is 1.12 bits per heavy atom. The number of benzene rings is 2. The van der Waals surface area contributed by atoms with Gasteiger partial charge in [-0.25, -0.2) is 4.39 Å². The standard InChI is InChI=1S/C18H16BrFN4S/c1-12-2-8-15(9-3-12)21-18(25)22-17-16(19)11-24(23-17)10-13-4-6-14(20)7-5-13/h2-9,11H,10H2,1H3,(H2,21,22,23,25). The summed E-state index contributed by atoms with van der Waals surface area (Å²) in [5, 5.41) is 11.1. The number of thiocarbonyl (C=S) groups is 1. The van der Waals surface area contributed by atoms with Crippen LogP contribution in [0, 0.1) is 12.7 Å². The molecular weight excluding hydrogens is 403 g/mol. The van der Waals surface area contributed by atoms with Gasteiger partial charge in [0.25, 0.3) is 0 Å². The molecule has 25 heavy (non-hydrogen) atoms. The second-order valence-corrected chi connectivity index (χ2v) is 6.86. The summed E-state index contributed by atoms with van der Waals surface area (Å²) in [6.45, 7) is 2.57. The number of rotatable bonds is 4. The predicted octanol–water partition coefficient (Wildman–Crippen LogP) is 4.95. The van der Waals surface area contributed by atoms with Crippen molar-refractivity contribution in [2.45, 2.75) is 13.5 Å². The molecule has 4 nitrogen and oxygen atoms in total. The third kappa shape index (κ3) is 4.87. The lowest BCUT2D eigenvalue weighted by molar-refractivity contribution is 0.624. The molecule has 1 aromatic heterocycles. The van der Waals surface area contributed by atoms with Crippen molar-refractivity contribution in [3.8, 4) is 0 Å². The first kappa shape index (κ1) is 17.6. The molecule has 2 aromatic carbocycles. The van der Waals surface area contributed by atoms with Crippen molar-refractivity contribution in [2.24, 2.45) is 0 Å². The van der Waals surface area contributed by atoms with Crippen LogP contribution < -0.4 is 10.6 Å². The summed E-state index contributed by atoms with van der Waals surface area (Å²) < 4.78 is 15.5. The molecule has 1 heterocycles. The summed E-state index contributed by atoms with van der Waals surface area (Å²) in [6, 6.07) is 14.3. The number of hydrogen-bond acceptors (Lipinski definition) is 2. The second kappa shape index (κ2) is 7.76. The minimum atomic E-state index is -0.250. The first-order valence-electron chi connectivity index (χ1n) is 7.62. The van der Waals surface area contributed by atoms with Crippen LogP contribution in [0.4, 0.5) is 15.9 Å². The average molecular weight is 419 g/mol. The van der Waals surface area contributed by atoms with E-state index in [4.69, 9.17) is 12.2 Å². The normalized spacial score (nSPS) is 10.5. The Morgan fingerprint density at radius 3 is 2.48 bits per heavy atom. The molecule has 0 saturated carbocycles. The van der Waals surface area contributed by atoms with Gasteiger partial charge in [0.1, 0.15) is 5.82 Å². The van der Waals surface area contributed by atoms with Crippen LogP contribution >= 0.6 is 28.1 Å². The number of anilines is 2. The van der Waals surface area contributed by atoms with Crippen molar-refractivity contribution in [1.82, 2.24) is 9.78 Å². The van der Waals surface area contributed by atoms with E-state index in [2.05, 4.69) is 31.7 Å². The Balaban J connectivity index is 1.64. The summed E-state index contributed by atoms with van der Waals surface area (Å²) in [7, 11) is 0. The number of aromatic nitrogens is 2. The third-order valence-electron chi connectivity index (χ3n) is 3.52. The van der Waals surface area contributed by atoms with Gasteiger partial charge in [-0.2, -0.15) is 5.10 Å². The summed E-state index contributed by atoms with van der Waals surface area (Å²) in [4.78, 5) is 0. The lowest BCUT2D eigenvalue weighted by atomic mass is 10.2. The molecule has 0 fully saturated rings. The van der Waals surface area contributed by atoms with Crippen LogP contribution in [-0.2, 0) is 6.54 Å². The van der Waals surface area contributed by atoms with Gasteiger partial charge < -0.3 is 10.6 Å². The molecule has 3 rings (SSSR count). The monoisotopic (exact) mass is 418 g/mol. The summed E-state index contributed by atoms with van der Waals surface area (Å²) in [5.41, 5.74) is 3.06. The number of nitrogens with one attached hydrogen (secondary N) is 2. The smallest absolute Gasteiger partial charge is 0.176 e. The van der Waals surface area contributed by atoms with Crippen LogP contribution in [0.15, 0.2) is 59.2 Å². The molecule has 0 aliphatic heterocycles. The van der Waals surface area contributed by atoms with Crippen molar-refractivity contribution in [3.63, 3.8) is 0 Å². The maximum Gasteiger partial charge on any atom is 0.176 e. The first-order chi connectivity index (χ1) is 12.0. The van der Waals surface area contributed by atoms with Gasteiger partial charge in [-0.15, -0.1) is 0 Å². The molecule has 3 aromatic rings. The molecule has 0 aliphatic carbocycles. The van der Waals surface area contributed by atoms with E-state index in [-0.39, 0.29) is 5.82 Å². The van der Waals surface area contributed by atoms with Crippen molar-refractivity contribution in [2.75, 3.05) is 10.6 Å². The fourth-order valence-corrected chi connectivity index (χ4v) is 2.88. The highest BCUT2D eigenvalue weighted by atomic mass is 79.9. The van der Waals surface area contributed by atoms with E-state index < -0.39 is 0 Å². The van der Waals surface area contributed by atoms with Crippen LogP contribution in [-0.4, -0.2) is 14.9 Å². The van der Waals surface area contributed by atoms with E-state index in [1.54, 1.807) is 16.8 Å². The van der Waals surface area contributed by atoms with Crippen molar-refractivity contribution in [3.05, 3.63) is 76.1 Å². The first-order valence-corrected chi connectivity index (χ1v) is 8.82. The Hall–Kier alpha value is -2.25. The molecule has 7 heteroatoms. The number of hydrogen-bond donors (Lipinski definition) is 2. The van der Waals surface area contributed by atoms with Gasteiger partial charge in [0, 0.05) is 11.9 Å². The van der Waals surface area contributed by atoms with Crippen molar-refractivity contribution < 1.29 is 4.39 Å². The zero-order valence-corrected chi connectivity index (χ0v) is 15.9. The molecule has 128 valence electrons. The van der Waals surface area contributed by atoms with Crippen LogP contribution in [0.5, 0.6) is 0 Å². The van der Waals surface area contributed by atoms with Gasteiger partial charge in [-0.05, 0) is 64.9 Å². The highest BCUT2D eigenvalue weighted by Gasteiger charge is 2.09. The minimum Gasteiger partial charge on any atom is -0.332 e. The van der Waals surface area contributed by atoms with Gasteiger partial charge in [-0.3, -0.25) is 4.68 Å². The van der Waals surface area contributed by atoms with Gasteiger partial charge in [0.05, 0.1) is 11.0 Å². The fraction of sp³-hybridized carbons (Fsp3) is 0.111. The molecule has 0 saturated heterocycles. The molecule has 0 amide bonds. The Kier molecular flexibility index (Phi) is 5.45. The Labute approximate surface area is 159 Å². The van der Waals surface area contributed by atoms with Crippen molar-refractivity contribution in [1.29, 1.82) is 0 Å². The van der Waals surface area contributed by atoms with E-state index in [0.717, 1.165) is 15.7 Å². The largest absolute Gasteiger partial charge is 0.332 e. The maximum atomic E-state index is 13.0. The van der Waals surface area contributed by atoms with Gasteiger partial charge in [0.15, 0.2) is 10.9 Å². The van der Waals surface area contributed by atoms with E-state index >= 15 is 0 Å². The van der Waals surface area contributed by atoms with Crippen LogP contribution in [0.25, 0.3) is 0 Å². The topological polar surface area (TPSA) is 41.9 Å².